The SMILES string of the molecule is CCC(=O)c1cnc2c(NC(C)C)cccc2c1. The molecule has 1 heterocycles. The van der Waals surface area contributed by atoms with Crippen LogP contribution in [-0.2, 0) is 0 Å². The van der Waals surface area contributed by atoms with E-state index in [2.05, 4.69) is 24.1 Å². The van der Waals surface area contributed by atoms with Crippen LogP contribution in [0.15, 0.2) is 30.5 Å². The fraction of sp³-hybridized carbons (Fsp3) is 0.333. The van der Waals surface area contributed by atoms with E-state index >= 15 is 0 Å². The van der Waals surface area contributed by atoms with E-state index in [1.54, 1.807) is 6.20 Å². The van der Waals surface area contributed by atoms with E-state index in [1.165, 1.54) is 0 Å². The van der Waals surface area contributed by atoms with Crippen molar-refractivity contribution in [2.75, 3.05) is 5.32 Å². The monoisotopic (exact) mass is 242 g/mol. The highest BCUT2D eigenvalue weighted by Crippen LogP contribution is 2.23. The number of nitrogens with zero attached hydrogens (tertiary/aromatic N) is 1. The highest BCUT2D eigenvalue weighted by Gasteiger charge is 2.07. The highest BCUT2D eigenvalue weighted by atomic mass is 16.1. The van der Waals surface area contributed by atoms with E-state index in [1.807, 2.05) is 31.2 Å². The molecule has 0 aliphatic carbocycles. The summed E-state index contributed by atoms with van der Waals surface area (Å²) >= 11 is 0. The average Bonchev–Trinajstić information content (AvgIpc) is 2.37. The first-order chi connectivity index (χ1) is 8.61. The lowest BCUT2D eigenvalue weighted by molar-refractivity contribution is 0.0988. The molecular weight excluding hydrogens is 224 g/mol. The number of ketones is 1. The second-order valence-electron chi connectivity index (χ2n) is 4.68. The van der Waals surface area contributed by atoms with Crippen LogP contribution in [0.2, 0.25) is 0 Å². The summed E-state index contributed by atoms with van der Waals surface area (Å²) in [6, 6.07) is 8.25. The van der Waals surface area contributed by atoms with Crippen LogP contribution in [0, 0.1) is 0 Å². The molecule has 0 bridgehead atoms. The van der Waals surface area contributed by atoms with E-state index in [4.69, 9.17) is 0 Å². The minimum atomic E-state index is 0.131. The Hall–Kier alpha value is -1.90. The second kappa shape index (κ2) is 5.17. The number of hydrogen-bond donors (Lipinski definition) is 1. The number of rotatable bonds is 4. The van der Waals surface area contributed by atoms with Crippen molar-refractivity contribution in [3.63, 3.8) is 0 Å². The Morgan fingerprint density at radius 2 is 2.17 bits per heavy atom. The third-order valence-corrected chi connectivity index (χ3v) is 2.80. The van der Waals surface area contributed by atoms with Crippen molar-refractivity contribution in [3.05, 3.63) is 36.0 Å². The lowest BCUT2D eigenvalue weighted by Crippen LogP contribution is -2.10. The zero-order valence-electron chi connectivity index (χ0n) is 11.0. The number of anilines is 1. The summed E-state index contributed by atoms with van der Waals surface area (Å²) in [6.07, 6.45) is 2.18. The highest BCUT2D eigenvalue weighted by molar-refractivity contribution is 6.00. The Morgan fingerprint density at radius 1 is 1.39 bits per heavy atom. The van der Waals surface area contributed by atoms with Crippen LogP contribution in [0.3, 0.4) is 0 Å². The van der Waals surface area contributed by atoms with Crippen molar-refractivity contribution in [2.45, 2.75) is 33.2 Å². The molecule has 0 radical (unpaired) electrons. The summed E-state index contributed by atoms with van der Waals surface area (Å²) in [7, 11) is 0. The summed E-state index contributed by atoms with van der Waals surface area (Å²) in [5.74, 6) is 0.131. The zero-order chi connectivity index (χ0) is 13.1. The standard InChI is InChI=1S/C15H18N2O/c1-4-14(18)12-8-11-6-5-7-13(17-10(2)3)15(11)16-9-12/h5-10,17H,4H2,1-3H3. The van der Waals surface area contributed by atoms with Crippen LogP contribution in [0.1, 0.15) is 37.6 Å². The maximum absolute atomic E-state index is 11.7. The molecule has 3 heteroatoms. The van der Waals surface area contributed by atoms with E-state index in [0.717, 1.165) is 16.6 Å². The molecule has 0 saturated heterocycles. The van der Waals surface area contributed by atoms with Gasteiger partial charge in [0.05, 0.1) is 11.2 Å². The Balaban J connectivity index is 2.49. The normalized spacial score (nSPS) is 10.9. The molecule has 1 aromatic carbocycles. The number of benzene rings is 1. The van der Waals surface area contributed by atoms with Gasteiger partial charge in [0.1, 0.15) is 0 Å². The summed E-state index contributed by atoms with van der Waals surface area (Å²) < 4.78 is 0. The number of Topliss-reactive ketones (excluding diaryl/α,β-unsaturated/α-hetero) is 1. The molecule has 94 valence electrons. The molecule has 1 N–H and O–H groups in total. The molecule has 2 aromatic rings. The van der Waals surface area contributed by atoms with Crippen LogP contribution >= 0.6 is 0 Å². The van der Waals surface area contributed by atoms with Gasteiger partial charge in [0.25, 0.3) is 0 Å². The Labute approximate surface area is 107 Å². The minimum absolute atomic E-state index is 0.131. The fourth-order valence-corrected chi connectivity index (χ4v) is 1.94. The minimum Gasteiger partial charge on any atom is -0.381 e. The van der Waals surface area contributed by atoms with Crippen LogP contribution in [0.5, 0.6) is 0 Å². The molecule has 1 aromatic heterocycles. The molecule has 0 aliphatic heterocycles. The molecule has 0 aliphatic rings. The third kappa shape index (κ3) is 2.50. The average molecular weight is 242 g/mol. The van der Waals surface area contributed by atoms with Gasteiger partial charge in [-0.25, -0.2) is 0 Å². The van der Waals surface area contributed by atoms with E-state index in [9.17, 15) is 4.79 Å². The fourth-order valence-electron chi connectivity index (χ4n) is 1.94. The van der Waals surface area contributed by atoms with E-state index in [0.29, 0.717) is 18.0 Å². The number of aromatic nitrogens is 1. The van der Waals surface area contributed by atoms with Crippen molar-refractivity contribution in [3.8, 4) is 0 Å². The molecule has 0 fully saturated rings. The molecule has 2 rings (SSSR count). The molecular formula is C15H18N2O. The quantitative estimate of drug-likeness (QED) is 0.832. The van der Waals surface area contributed by atoms with Crippen molar-refractivity contribution in [1.82, 2.24) is 4.98 Å². The summed E-state index contributed by atoms with van der Waals surface area (Å²) in [5, 5.41) is 4.36. The summed E-state index contributed by atoms with van der Waals surface area (Å²) in [6.45, 7) is 6.05. The molecule has 0 unspecified atom stereocenters. The van der Waals surface area contributed by atoms with Gasteiger partial charge in [0.2, 0.25) is 0 Å². The summed E-state index contributed by atoms with van der Waals surface area (Å²) in [5.41, 5.74) is 2.61. The Bertz CT molecular complexity index is 576. The zero-order valence-corrected chi connectivity index (χ0v) is 11.0. The number of para-hydroxylation sites is 1. The van der Waals surface area contributed by atoms with Crippen LogP contribution in [0.4, 0.5) is 5.69 Å². The largest absolute Gasteiger partial charge is 0.381 e. The predicted octanol–water partition coefficient (Wildman–Crippen LogP) is 3.65. The van der Waals surface area contributed by atoms with Crippen LogP contribution in [-0.4, -0.2) is 16.8 Å². The van der Waals surface area contributed by atoms with Crippen molar-refractivity contribution in [1.29, 1.82) is 0 Å². The Kier molecular flexibility index (Phi) is 3.60. The number of pyridine rings is 1. The van der Waals surface area contributed by atoms with E-state index in [-0.39, 0.29) is 5.78 Å². The second-order valence-corrected chi connectivity index (χ2v) is 4.68. The smallest absolute Gasteiger partial charge is 0.164 e. The number of hydrogen-bond acceptors (Lipinski definition) is 3. The lowest BCUT2D eigenvalue weighted by atomic mass is 10.1. The molecule has 3 nitrogen and oxygen atoms in total. The lowest BCUT2D eigenvalue weighted by Gasteiger charge is -2.12. The molecule has 0 saturated carbocycles. The van der Waals surface area contributed by atoms with Crippen LogP contribution in [0.25, 0.3) is 10.9 Å². The first-order valence-corrected chi connectivity index (χ1v) is 6.30. The first-order valence-electron chi connectivity index (χ1n) is 6.30. The predicted molar refractivity (Wildman–Crippen MR) is 75.1 cm³/mol. The van der Waals surface area contributed by atoms with Gasteiger partial charge in [-0.05, 0) is 26.0 Å². The molecule has 0 atom stereocenters. The number of fused-ring (bicyclic) bond motifs is 1. The van der Waals surface area contributed by atoms with Crippen molar-refractivity contribution in [2.24, 2.45) is 0 Å². The van der Waals surface area contributed by atoms with Gasteiger partial charge in [-0.2, -0.15) is 0 Å². The molecule has 18 heavy (non-hydrogen) atoms. The van der Waals surface area contributed by atoms with Crippen LogP contribution < -0.4 is 5.32 Å². The number of carbonyl (C=O) groups excluding carboxylic acids is 1. The van der Waals surface area contributed by atoms with Gasteiger partial charge >= 0.3 is 0 Å². The van der Waals surface area contributed by atoms with Gasteiger partial charge in [-0.15, -0.1) is 0 Å². The maximum atomic E-state index is 11.7. The van der Waals surface area contributed by atoms with E-state index < -0.39 is 0 Å². The maximum Gasteiger partial charge on any atom is 0.164 e. The molecule has 0 spiro atoms. The number of nitrogens with one attached hydrogen (secondary N) is 1. The topological polar surface area (TPSA) is 42.0 Å². The third-order valence-electron chi connectivity index (χ3n) is 2.80. The van der Waals surface area contributed by atoms with Gasteiger partial charge in [0, 0.05) is 29.6 Å². The number of carbonyl (C=O) groups is 1. The van der Waals surface area contributed by atoms with Crippen molar-refractivity contribution >= 4 is 22.4 Å². The summed E-state index contributed by atoms with van der Waals surface area (Å²) in [4.78, 5) is 16.1. The first kappa shape index (κ1) is 12.6. The van der Waals surface area contributed by atoms with Gasteiger partial charge in [-0.3, -0.25) is 9.78 Å². The van der Waals surface area contributed by atoms with Crippen molar-refractivity contribution < 1.29 is 4.79 Å². The van der Waals surface area contributed by atoms with Gasteiger partial charge in [-0.1, -0.05) is 19.1 Å². The Morgan fingerprint density at radius 3 is 2.83 bits per heavy atom. The molecule has 0 amide bonds. The van der Waals surface area contributed by atoms with Gasteiger partial charge in [0.15, 0.2) is 5.78 Å². The van der Waals surface area contributed by atoms with Gasteiger partial charge < -0.3 is 5.32 Å².